The average Bonchev–Trinajstić information content (AvgIpc) is 3.35. The summed E-state index contributed by atoms with van der Waals surface area (Å²) in [6.45, 7) is 2.52. The van der Waals surface area contributed by atoms with Crippen LogP contribution in [0.25, 0.3) is 0 Å². The van der Waals surface area contributed by atoms with Crippen molar-refractivity contribution in [2.75, 3.05) is 18.6 Å². The number of fused-ring (bicyclic) bond motifs is 1. The lowest BCUT2D eigenvalue weighted by molar-refractivity contribution is -0.123. The van der Waals surface area contributed by atoms with Gasteiger partial charge in [0.15, 0.2) is 0 Å². The molecule has 2 amide bonds. The molecule has 4 rings (SSSR count). The first-order valence-electron chi connectivity index (χ1n) is 12.2. The third-order valence-electron chi connectivity index (χ3n) is 6.40. The summed E-state index contributed by atoms with van der Waals surface area (Å²) in [4.78, 5) is 27.2. The number of nitrogens with zero attached hydrogens (tertiary/aromatic N) is 1. The summed E-state index contributed by atoms with van der Waals surface area (Å²) in [5, 5.41) is 2.84. The minimum Gasteiger partial charge on any atom is -0.496 e. The third-order valence-corrected chi connectivity index (χ3v) is 7.87. The molecule has 0 saturated carbocycles. The number of hydrogen-bond donors (Lipinski definition) is 2. The second-order valence-electron chi connectivity index (χ2n) is 8.83. The zero-order valence-corrected chi connectivity index (χ0v) is 21.8. The molecule has 0 aliphatic carbocycles. The number of para-hydroxylation sites is 1. The topological polar surface area (TPSA) is 105 Å². The lowest BCUT2D eigenvalue weighted by Gasteiger charge is -2.20. The molecule has 0 spiro atoms. The van der Waals surface area contributed by atoms with Crippen molar-refractivity contribution >= 4 is 27.5 Å². The molecule has 0 aromatic heterocycles. The zero-order valence-electron chi connectivity index (χ0n) is 20.9. The fourth-order valence-corrected chi connectivity index (χ4v) is 5.69. The quantitative estimate of drug-likeness (QED) is 0.426. The van der Waals surface area contributed by atoms with E-state index in [2.05, 4.69) is 10.0 Å². The SMILES string of the molecule is CCC(=O)N1CCc2cc(S(=O)(=O)N[C@@H](Cc3ccccc3)C(=O)NCc3ccccc3OC)ccc21. The molecular weight excluding hydrogens is 490 g/mol. The molecule has 8 nitrogen and oxygen atoms in total. The summed E-state index contributed by atoms with van der Waals surface area (Å²) < 4.78 is 34.7. The van der Waals surface area contributed by atoms with E-state index in [0.29, 0.717) is 25.1 Å². The Hall–Kier alpha value is -3.69. The molecule has 3 aromatic rings. The van der Waals surface area contributed by atoms with Crippen LogP contribution in [-0.4, -0.2) is 39.9 Å². The Morgan fingerprint density at radius 1 is 1.03 bits per heavy atom. The van der Waals surface area contributed by atoms with Crippen molar-refractivity contribution in [1.82, 2.24) is 10.0 Å². The number of sulfonamides is 1. The summed E-state index contributed by atoms with van der Waals surface area (Å²) in [7, 11) is -2.47. The van der Waals surface area contributed by atoms with Crippen LogP contribution < -0.4 is 19.7 Å². The van der Waals surface area contributed by atoms with Crippen molar-refractivity contribution in [3.8, 4) is 5.75 Å². The van der Waals surface area contributed by atoms with Gasteiger partial charge in [-0.1, -0.05) is 55.5 Å². The molecule has 2 N–H and O–H groups in total. The lowest BCUT2D eigenvalue weighted by atomic mass is 10.1. The van der Waals surface area contributed by atoms with E-state index >= 15 is 0 Å². The van der Waals surface area contributed by atoms with Gasteiger partial charge in [0.1, 0.15) is 11.8 Å². The Morgan fingerprint density at radius 2 is 1.76 bits per heavy atom. The maximum Gasteiger partial charge on any atom is 0.241 e. The molecule has 1 heterocycles. The largest absolute Gasteiger partial charge is 0.496 e. The Kier molecular flexibility index (Phi) is 8.25. The van der Waals surface area contributed by atoms with E-state index < -0.39 is 22.0 Å². The van der Waals surface area contributed by atoms with Crippen LogP contribution in [0, 0.1) is 0 Å². The molecule has 0 fully saturated rings. The second kappa shape index (κ2) is 11.6. The Bertz CT molecular complexity index is 1380. The number of benzene rings is 3. The minimum absolute atomic E-state index is 0.00197. The summed E-state index contributed by atoms with van der Waals surface area (Å²) in [6, 6.07) is 20.3. The van der Waals surface area contributed by atoms with Gasteiger partial charge in [0.05, 0.1) is 12.0 Å². The first-order chi connectivity index (χ1) is 17.8. The van der Waals surface area contributed by atoms with Crippen LogP contribution in [0.4, 0.5) is 5.69 Å². The maximum atomic E-state index is 13.4. The molecule has 0 unspecified atom stereocenters. The van der Waals surface area contributed by atoms with Crippen LogP contribution >= 0.6 is 0 Å². The smallest absolute Gasteiger partial charge is 0.241 e. The van der Waals surface area contributed by atoms with Gasteiger partial charge in [-0.3, -0.25) is 9.59 Å². The Labute approximate surface area is 217 Å². The number of anilines is 1. The number of methoxy groups -OCH3 is 1. The van der Waals surface area contributed by atoms with Crippen LogP contribution in [0.2, 0.25) is 0 Å². The van der Waals surface area contributed by atoms with E-state index in [4.69, 9.17) is 4.74 Å². The highest BCUT2D eigenvalue weighted by Crippen LogP contribution is 2.30. The number of hydrogen-bond acceptors (Lipinski definition) is 5. The van der Waals surface area contributed by atoms with E-state index in [1.165, 1.54) is 6.07 Å². The van der Waals surface area contributed by atoms with Gasteiger partial charge in [0.25, 0.3) is 0 Å². The van der Waals surface area contributed by atoms with E-state index in [9.17, 15) is 18.0 Å². The van der Waals surface area contributed by atoms with Gasteiger partial charge in [-0.15, -0.1) is 0 Å². The molecule has 0 bridgehead atoms. The van der Waals surface area contributed by atoms with Gasteiger partial charge < -0.3 is 15.0 Å². The van der Waals surface area contributed by atoms with Gasteiger partial charge in [-0.2, -0.15) is 4.72 Å². The molecule has 37 heavy (non-hydrogen) atoms. The molecule has 194 valence electrons. The molecule has 3 aromatic carbocycles. The monoisotopic (exact) mass is 521 g/mol. The molecule has 1 atom stereocenters. The van der Waals surface area contributed by atoms with Crippen LogP contribution in [0.3, 0.4) is 0 Å². The first-order valence-corrected chi connectivity index (χ1v) is 13.7. The van der Waals surface area contributed by atoms with Gasteiger partial charge >= 0.3 is 0 Å². The minimum atomic E-state index is -4.02. The first kappa shape index (κ1) is 26.4. The van der Waals surface area contributed by atoms with Crippen LogP contribution in [-0.2, 0) is 39.0 Å². The number of ether oxygens (including phenoxy) is 1. The van der Waals surface area contributed by atoms with E-state index in [0.717, 1.165) is 22.4 Å². The van der Waals surface area contributed by atoms with Crippen LogP contribution in [0.5, 0.6) is 5.75 Å². The average molecular weight is 522 g/mol. The number of carbonyl (C=O) groups is 2. The molecule has 9 heteroatoms. The Morgan fingerprint density at radius 3 is 2.49 bits per heavy atom. The van der Waals surface area contributed by atoms with Crippen molar-refractivity contribution < 1.29 is 22.7 Å². The van der Waals surface area contributed by atoms with Crippen molar-refractivity contribution in [2.24, 2.45) is 0 Å². The molecule has 0 radical (unpaired) electrons. The van der Waals surface area contributed by atoms with Crippen LogP contribution in [0.1, 0.15) is 30.0 Å². The number of carbonyl (C=O) groups excluding carboxylic acids is 2. The van der Waals surface area contributed by atoms with Crippen molar-refractivity contribution in [2.45, 2.75) is 43.7 Å². The Balaban J connectivity index is 1.55. The van der Waals surface area contributed by atoms with Gasteiger partial charge in [0, 0.05) is 30.8 Å². The zero-order chi connectivity index (χ0) is 26.4. The summed E-state index contributed by atoms with van der Waals surface area (Å²) in [6.07, 6.45) is 1.14. The normalized spacial score (nSPS) is 13.6. The molecule has 1 aliphatic rings. The predicted octanol–water partition coefficient (Wildman–Crippen LogP) is 3.20. The molecule has 1 aliphatic heterocycles. The third kappa shape index (κ3) is 6.18. The maximum absolute atomic E-state index is 13.4. The fraction of sp³-hybridized carbons (Fsp3) is 0.286. The molecule has 0 saturated heterocycles. The second-order valence-corrected chi connectivity index (χ2v) is 10.5. The van der Waals surface area contributed by atoms with E-state index in [1.807, 2.05) is 48.5 Å². The highest BCUT2D eigenvalue weighted by atomic mass is 32.2. The van der Waals surface area contributed by atoms with E-state index in [1.54, 1.807) is 37.1 Å². The van der Waals surface area contributed by atoms with Crippen molar-refractivity contribution in [1.29, 1.82) is 0 Å². The highest BCUT2D eigenvalue weighted by Gasteiger charge is 2.29. The number of rotatable bonds is 10. The van der Waals surface area contributed by atoms with Gasteiger partial charge in [-0.25, -0.2) is 8.42 Å². The predicted molar refractivity (Wildman–Crippen MR) is 142 cm³/mol. The van der Waals surface area contributed by atoms with Crippen LogP contribution in [0.15, 0.2) is 77.7 Å². The highest BCUT2D eigenvalue weighted by molar-refractivity contribution is 7.89. The van der Waals surface area contributed by atoms with Crippen molar-refractivity contribution in [3.05, 3.63) is 89.5 Å². The number of nitrogens with one attached hydrogen (secondary N) is 2. The summed E-state index contributed by atoms with van der Waals surface area (Å²) >= 11 is 0. The fourth-order valence-electron chi connectivity index (χ4n) is 4.44. The van der Waals surface area contributed by atoms with E-state index in [-0.39, 0.29) is 23.8 Å². The standard InChI is InChI=1S/C28H31N3O5S/c1-3-27(32)31-16-15-21-18-23(13-14-25(21)31)37(34,35)30-24(17-20-9-5-4-6-10-20)28(33)29-19-22-11-7-8-12-26(22)36-2/h4-14,18,24,30H,3,15-17,19H2,1-2H3,(H,29,33)/t24-/m0/s1. The summed E-state index contributed by atoms with van der Waals surface area (Å²) in [5.41, 5.74) is 3.14. The van der Waals surface area contributed by atoms with Gasteiger partial charge in [-0.05, 0) is 48.2 Å². The lowest BCUT2D eigenvalue weighted by Crippen LogP contribution is -2.47. The summed E-state index contributed by atoms with van der Waals surface area (Å²) in [5.74, 6) is 0.193. The number of amides is 2. The van der Waals surface area contributed by atoms with Gasteiger partial charge in [0.2, 0.25) is 21.8 Å². The van der Waals surface area contributed by atoms with Crippen molar-refractivity contribution in [3.63, 3.8) is 0 Å². The molecular formula is C28H31N3O5S.